The molecule has 0 atom stereocenters. The van der Waals surface area contributed by atoms with Crippen LogP contribution < -0.4 is 21.1 Å². The van der Waals surface area contributed by atoms with Crippen LogP contribution >= 0.6 is 0 Å². The molecular weight excluding hydrogens is 411 g/mol. The van der Waals surface area contributed by atoms with Gasteiger partial charge in [-0.15, -0.1) is 0 Å². The molecule has 0 saturated heterocycles. The van der Waals surface area contributed by atoms with E-state index in [9.17, 15) is 0 Å². The molecule has 0 fully saturated rings. The van der Waals surface area contributed by atoms with Crippen molar-refractivity contribution >= 4 is 33.9 Å². The Morgan fingerprint density at radius 2 is 2.06 bits per heavy atom. The molecule has 3 aromatic heterocycles. The molecule has 0 radical (unpaired) electrons. The normalized spacial score (nSPS) is 12.9. The van der Waals surface area contributed by atoms with Crippen LogP contribution in [0.3, 0.4) is 0 Å². The molecule has 10 heteroatoms. The van der Waals surface area contributed by atoms with Gasteiger partial charge in [-0.25, -0.2) is 19.3 Å². The summed E-state index contributed by atoms with van der Waals surface area (Å²) in [5.41, 5.74) is 11.0. The maximum atomic E-state index is 15.3. The van der Waals surface area contributed by atoms with E-state index >= 15 is 4.39 Å². The molecule has 1 aliphatic heterocycles. The minimum atomic E-state index is -0.525. The molecule has 0 aliphatic carbocycles. The predicted octanol–water partition coefficient (Wildman–Crippen LogP) is 3.79. The molecule has 4 heterocycles. The van der Waals surface area contributed by atoms with Crippen LogP contribution in [0.5, 0.6) is 5.88 Å². The zero-order chi connectivity index (χ0) is 22.4. The maximum absolute atomic E-state index is 15.3. The third kappa shape index (κ3) is 3.15. The van der Waals surface area contributed by atoms with Crippen molar-refractivity contribution in [1.29, 1.82) is 0 Å². The van der Waals surface area contributed by atoms with Gasteiger partial charge in [0.2, 0.25) is 11.8 Å². The third-order valence-corrected chi connectivity index (χ3v) is 5.75. The fourth-order valence-corrected chi connectivity index (χ4v) is 3.93. The molecule has 0 bridgehead atoms. The van der Waals surface area contributed by atoms with Gasteiger partial charge >= 0.3 is 0 Å². The lowest BCUT2D eigenvalue weighted by Crippen LogP contribution is -2.20. The predicted molar refractivity (Wildman–Crippen MR) is 122 cm³/mol. The van der Waals surface area contributed by atoms with E-state index < -0.39 is 5.82 Å². The Bertz CT molecular complexity index is 1350. The summed E-state index contributed by atoms with van der Waals surface area (Å²) in [6.07, 6.45) is 4.86. The average Bonchev–Trinajstić information content (AvgIpc) is 3.16. The largest absolute Gasteiger partial charge is 0.474 e. The van der Waals surface area contributed by atoms with Crippen LogP contribution in [0.15, 0.2) is 24.7 Å². The first-order chi connectivity index (χ1) is 15.5. The van der Waals surface area contributed by atoms with Gasteiger partial charge in [0, 0.05) is 42.0 Å². The lowest BCUT2D eigenvalue weighted by Gasteiger charge is -2.22. The highest BCUT2D eigenvalue weighted by Gasteiger charge is 2.21. The molecule has 0 spiro atoms. The summed E-state index contributed by atoms with van der Waals surface area (Å²) < 4.78 is 22.7. The van der Waals surface area contributed by atoms with Crippen LogP contribution in [0.1, 0.15) is 18.2 Å². The van der Waals surface area contributed by atoms with Crippen LogP contribution in [0, 0.1) is 19.7 Å². The van der Waals surface area contributed by atoms with Crippen molar-refractivity contribution < 1.29 is 9.13 Å². The lowest BCUT2D eigenvalue weighted by molar-refractivity contribution is 0.310. The summed E-state index contributed by atoms with van der Waals surface area (Å²) in [5.74, 6) is 0.371. The second kappa shape index (κ2) is 7.63. The molecule has 32 heavy (non-hydrogen) atoms. The van der Waals surface area contributed by atoms with E-state index in [0.717, 1.165) is 29.2 Å². The van der Waals surface area contributed by atoms with Crippen molar-refractivity contribution in [2.24, 2.45) is 0 Å². The van der Waals surface area contributed by atoms with Gasteiger partial charge in [-0.3, -0.25) is 4.68 Å². The van der Waals surface area contributed by atoms with Crippen molar-refractivity contribution in [2.45, 2.75) is 27.3 Å². The van der Waals surface area contributed by atoms with Gasteiger partial charge in [-0.05, 0) is 32.4 Å². The number of benzene rings is 1. The van der Waals surface area contributed by atoms with Crippen LogP contribution in [-0.2, 0) is 6.54 Å². The van der Waals surface area contributed by atoms with Crippen molar-refractivity contribution in [3.05, 3.63) is 41.7 Å². The minimum absolute atomic E-state index is 0.000336. The van der Waals surface area contributed by atoms with Crippen LogP contribution in [0.4, 0.5) is 27.4 Å². The number of nitrogen functional groups attached to an aromatic ring is 1. The molecule has 4 N–H and O–H groups in total. The van der Waals surface area contributed by atoms with Crippen molar-refractivity contribution in [3.8, 4) is 17.0 Å². The molecule has 5 rings (SSSR count). The van der Waals surface area contributed by atoms with Gasteiger partial charge < -0.3 is 21.1 Å². The van der Waals surface area contributed by atoms with Crippen LogP contribution in [0.25, 0.3) is 22.0 Å². The number of nitrogens with one attached hydrogen (secondary N) is 2. The van der Waals surface area contributed by atoms with Crippen molar-refractivity contribution in [1.82, 2.24) is 24.7 Å². The number of rotatable bonds is 4. The minimum Gasteiger partial charge on any atom is -0.474 e. The third-order valence-electron chi connectivity index (χ3n) is 5.75. The fourth-order valence-electron chi connectivity index (χ4n) is 3.93. The van der Waals surface area contributed by atoms with E-state index in [2.05, 4.69) is 30.7 Å². The van der Waals surface area contributed by atoms with E-state index in [1.165, 1.54) is 6.20 Å². The van der Waals surface area contributed by atoms with Gasteiger partial charge in [-0.2, -0.15) is 5.10 Å². The van der Waals surface area contributed by atoms with E-state index in [1.807, 2.05) is 25.5 Å². The molecule has 4 aromatic rings. The zero-order valence-electron chi connectivity index (χ0n) is 18.0. The Labute approximate surface area is 183 Å². The maximum Gasteiger partial charge on any atom is 0.237 e. The number of ether oxygens (including phenoxy) is 1. The number of nitrogens with two attached hydrogens (primary N) is 1. The number of halogens is 1. The van der Waals surface area contributed by atoms with E-state index in [4.69, 9.17) is 10.5 Å². The number of anilines is 4. The van der Waals surface area contributed by atoms with E-state index in [1.54, 1.807) is 18.5 Å². The molecule has 0 saturated carbocycles. The lowest BCUT2D eigenvalue weighted by atomic mass is 9.98. The van der Waals surface area contributed by atoms with Crippen molar-refractivity contribution in [3.63, 3.8) is 0 Å². The number of hydrogen-bond acceptors (Lipinski definition) is 8. The number of hydrogen-bond donors (Lipinski definition) is 3. The Morgan fingerprint density at radius 3 is 2.84 bits per heavy atom. The molecular formula is C22H23FN8O. The second-order valence-electron chi connectivity index (χ2n) is 7.61. The number of pyridine rings is 1. The van der Waals surface area contributed by atoms with Gasteiger partial charge in [0.1, 0.15) is 12.3 Å². The monoisotopic (exact) mass is 434 g/mol. The number of fused-ring (bicyclic) bond motifs is 2. The molecule has 164 valence electrons. The first-order valence-corrected chi connectivity index (χ1v) is 10.4. The smallest absolute Gasteiger partial charge is 0.237 e. The average molecular weight is 434 g/mol. The highest BCUT2D eigenvalue weighted by molar-refractivity contribution is 5.96. The first-order valence-electron chi connectivity index (χ1n) is 10.4. The van der Waals surface area contributed by atoms with Gasteiger partial charge in [-0.1, -0.05) is 0 Å². The van der Waals surface area contributed by atoms with Gasteiger partial charge in [0.25, 0.3) is 0 Å². The summed E-state index contributed by atoms with van der Waals surface area (Å²) >= 11 is 0. The summed E-state index contributed by atoms with van der Waals surface area (Å²) in [7, 11) is 0. The van der Waals surface area contributed by atoms with E-state index in [-0.39, 0.29) is 5.69 Å². The Morgan fingerprint density at radius 1 is 1.22 bits per heavy atom. The topological polar surface area (TPSA) is 116 Å². The number of nitrogens with zero attached hydrogens (tertiary/aromatic N) is 5. The van der Waals surface area contributed by atoms with Crippen LogP contribution in [0.2, 0.25) is 0 Å². The summed E-state index contributed by atoms with van der Waals surface area (Å²) in [6, 6.07) is 1.68. The summed E-state index contributed by atoms with van der Waals surface area (Å²) in [6.45, 7) is 7.86. The Kier molecular flexibility index (Phi) is 4.76. The SMILES string of the molecule is CCn1ncc(Nc2ncc3c(N)c(F)c(-c4cnc5c(c4C)NCCO5)cc3n2)c1C. The Balaban J connectivity index is 1.60. The zero-order valence-corrected chi connectivity index (χ0v) is 18.0. The first kappa shape index (κ1) is 20.0. The van der Waals surface area contributed by atoms with Gasteiger partial charge in [0.05, 0.1) is 28.8 Å². The van der Waals surface area contributed by atoms with Gasteiger partial charge in [0.15, 0.2) is 5.82 Å². The summed E-state index contributed by atoms with van der Waals surface area (Å²) in [4.78, 5) is 13.3. The molecule has 1 aliphatic rings. The summed E-state index contributed by atoms with van der Waals surface area (Å²) in [5, 5.41) is 11.2. The molecule has 0 amide bonds. The Hall–Kier alpha value is -3.95. The highest BCUT2D eigenvalue weighted by Crippen LogP contribution is 2.39. The highest BCUT2D eigenvalue weighted by atomic mass is 19.1. The quantitative estimate of drug-likeness (QED) is 0.416. The standard InChI is InChI=1S/C22H23FN8O/c1-4-31-12(3)17(10-28-31)30-22-27-9-15-16(29-22)7-13(18(23)19(15)24)14-8-26-21-20(11(14)2)25-5-6-32-21/h7-10,25H,4-6,24H2,1-3H3,(H,27,29,30). The van der Waals surface area contributed by atoms with E-state index in [0.29, 0.717) is 47.0 Å². The molecule has 0 unspecified atom stereocenters. The number of aryl methyl sites for hydroxylation is 1. The molecule has 9 nitrogen and oxygen atoms in total. The second-order valence-corrected chi connectivity index (χ2v) is 7.61. The van der Waals surface area contributed by atoms with Crippen LogP contribution in [-0.4, -0.2) is 37.9 Å². The fraction of sp³-hybridized carbons (Fsp3) is 0.273. The molecule has 1 aromatic carbocycles. The number of aromatic nitrogens is 5. The van der Waals surface area contributed by atoms with Crippen molar-refractivity contribution in [2.75, 3.05) is 29.5 Å².